The molecule has 2 aromatic rings. The molecule has 1 unspecified atom stereocenters. The quantitative estimate of drug-likeness (QED) is 0.453. The topological polar surface area (TPSA) is 150 Å². The van der Waals surface area contributed by atoms with E-state index in [1.807, 2.05) is 0 Å². The summed E-state index contributed by atoms with van der Waals surface area (Å²) in [7, 11) is -4.08. The second kappa shape index (κ2) is 8.88. The first-order valence-electron chi connectivity index (χ1n) is 10.6. The van der Waals surface area contributed by atoms with Gasteiger partial charge in [0.15, 0.2) is 23.4 Å². The molecule has 0 spiro atoms. The average Bonchev–Trinajstić information content (AvgIpc) is 3.27. The Hall–Kier alpha value is -2.18. The number of halogens is 1. The zero-order valence-corrected chi connectivity index (χ0v) is 19.6. The number of hydrogen-bond acceptors (Lipinski definition) is 11. The molecule has 2 aliphatic rings. The lowest BCUT2D eigenvalue weighted by Crippen LogP contribution is -2.44. The van der Waals surface area contributed by atoms with E-state index in [0.29, 0.717) is 5.52 Å². The number of nitrogens with two attached hydrogens (primary N) is 1. The van der Waals surface area contributed by atoms with Crippen LogP contribution in [0.5, 0.6) is 0 Å². The molecule has 0 radical (unpaired) electrons. The summed E-state index contributed by atoms with van der Waals surface area (Å²) >= 11 is 0. The fourth-order valence-electron chi connectivity index (χ4n) is 3.76. The number of carbonyl (C=O) groups excluding carboxylic acids is 1. The minimum atomic E-state index is -4.08. The van der Waals surface area contributed by atoms with Crippen LogP contribution >= 0.6 is 7.82 Å². The van der Waals surface area contributed by atoms with Crippen molar-refractivity contribution in [2.24, 2.45) is 5.92 Å². The maximum Gasteiger partial charge on any atom is 0.475 e. The molecule has 2 saturated heterocycles. The van der Waals surface area contributed by atoms with Crippen molar-refractivity contribution < 1.29 is 36.8 Å². The van der Waals surface area contributed by atoms with Gasteiger partial charge in [-0.25, -0.2) is 23.9 Å². The Kier molecular flexibility index (Phi) is 6.45. The summed E-state index contributed by atoms with van der Waals surface area (Å²) in [6.07, 6.45) is -0.682. The van der Waals surface area contributed by atoms with Crippen LogP contribution < -0.4 is 5.73 Å². The minimum Gasteiger partial charge on any atom is -0.463 e. The van der Waals surface area contributed by atoms with Crippen molar-refractivity contribution in [1.29, 1.82) is 0 Å². The van der Waals surface area contributed by atoms with Crippen molar-refractivity contribution in [1.82, 2.24) is 19.5 Å². The van der Waals surface area contributed by atoms with Gasteiger partial charge in [-0.3, -0.25) is 22.9 Å². The number of rotatable bonds is 7. The lowest BCUT2D eigenvalue weighted by atomic mass is 9.98. The molecule has 2 aliphatic heterocycles. The Labute approximate surface area is 189 Å². The summed E-state index contributed by atoms with van der Waals surface area (Å²) in [4.78, 5) is 24.0. The smallest absolute Gasteiger partial charge is 0.463 e. The number of nitrogen functional groups attached to an aromatic ring is 1. The number of esters is 1. The highest BCUT2D eigenvalue weighted by molar-refractivity contribution is 7.48. The third-order valence-electron chi connectivity index (χ3n) is 5.51. The summed E-state index contributed by atoms with van der Waals surface area (Å²) in [5, 5.41) is 0. The predicted molar refractivity (Wildman–Crippen MR) is 113 cm³/mol. The van der Waals surface area contributed by atoms with Gasteiger partial charge in [0.2, 0.25) is 0 Å². The molecule has 14 heteroatoms. The van der Waals surface area contributed by atoms with E-state index in [4.69, 9.17) is 28.8 Å². The molecule has 2 fully saturated rings. The number of anilines is 1. The van der Waals surface area contributed by atoms with Crippen LogP contribution in [0, 0.1) is 5.92 Å². The number of carbonyl (C=O) groups is 1. The number of imidazole rings is 1. The van der Waals surface area contributed by atoms with E-state index in [-0.39, 0.29) is 37.2 Å². The highest BCUT2D eigenvalue weighted by Gasteiger charge is 2.61. The van der Waals surface area contributed by atoms with E-state index in [2.05, 4.69) is 15.0 Å². The lowest BCUT2D eigenvalue weighted by molar-refractivity contribution is -0.152. The van der Waals surface area contributed by atoms with Crippen LogP contribution in [-0.4, -0.2) is 62.7 Å². The molecular weight excluding hydrogens is 460 g/mol. The molecule has 2 N–H and O–H groups in total. The molecular formula is C19H27FN5O7P. The second-order valence-corrected chi connectivity index (χ2v) is 10.2. The molecule has 33 heavy (non-hydrogen) atoms. The summed E-state index contributed by atoms with van der Waals surface area (Å²) in [5.74, 6) is -0.720. The van der Waals surface area contributed by atoms with Crippen LogP contribution in [0.2, 0.25) is 0 Å². The third kappa shape index (κ3) is 4.60. The van der Waals surface area contributed by atoms with Gasteiger partial charge in [0, 0.05) is 0 Å². The SMILES string of the molecule is CC(C)OC(=O)[C@H](C)CCOP1(=O)OC[C@H]2O[C@@H](n3cnc4c(N)ncnc43)[C@](C)(F)[C@@H]2O1. The van der Waals surface area contributed by atoms with Gasteiger partial charge in [0.25, 0.3) is 0 Å². The van der Waals surface area contributed by atoms with Crippen molar-refractivity contribution in [2.75, 3.05) is 18.9 Å². The zero-order chi connectivity index (χ0) is 24.0. The first-order valence-corrected chi connectivity index (χ1v) is 12.0. The number of aromatic nitrogens is 4. The molecule has 0 aromatic carbocycles. The summed E-state index contributed by atoms with van der Waals surface area (Å²) in [6.45, 7) is 6.14. The molecule has 0 bridgehead atoms. The molecule has 0 amide bonds. The Bertz CT molecular complexity index is 1080. The largest absolute Gasteiger partial charge is 0.475 e. The van der Waals surface area contributed by atoms with Crippen LogP contribution in [0.3, 0.4) is 0 Å². The number of ether oxygens (including phenoxy) is 2. The van der Waals surface area contributed by atoms with Crippen molar-refractivity contribution in [3.8, 4) is 0 Å². The third-order valence-corrected chi connectivity index (χ3v) is 6.96. The van der Waals surface area contributed by atoms with Gasteiger partial charge in [0.05, 0.1) is 31.6 Å². The molecule has 4 heterocycles. The van der Waals surface area contributed by atoms with Gasteiger partial charge in [-0.05, 0) is 27.2 Å². The number of hydrogen-bond donors (Lipinski definition) is 1. The van der Waals surface area contributed by atoms with E-state index in [1.54, 1.807) is 20.8 Å². The highest BCUT2D eigenvalue weighted by Crippen LogP contribution is 2.59. The van der Waals surface area contributed by atoms with Gasteiger partial charge < -0.3 is 15.2 Å². The number of alkyl halides is 1. The Morgan fingerprint density at radius 2 is 2.15 bits per heavy atom. The normalized spacial score (nSPS) is 32.7. The fraction of sp³-hybridized carbons (Fsp3) is 0.684. The predicted octanol–water partition coefficient (Wildman–Crippen LogP) is 2.55. The number of nitrogens with zero attached hydrogens (tertiary/aromatic N) is 4. The summed E-state index contributed by atoms with van der Waals surface area (Å²) < 4.78 is 57.4. The molecule has 0 saturated carbocycles. The van der Waals surface area contributed by atoms with Crippen LogP contribution in [0.4, 0.5) is 10.2 Å². The van der Waals surface area contributed by atoms with E-state index >= 15 is 4.39 Å². The maximum atomic E-state index is 16.0. The summed E-state index contributed by atoms with van der Waals surface area (Å²) in [6, 6.07) is 0. The van der Waals surface area contributed by atoms with Crippen LogP contribution in [0.1, 0.15) is 40.3 Å². The molecule has 2 aromatic heterocycles. The zero-order valence-electron chi connectivity index (χ0n) is 18.7. The van der Waals surface area contributed by atoms with Gasteiger partial charge in [-0.15, -0.1) is 0 Å². The first kappa shape index (κ1) is 24.0. The van der Waals surface area contributed by atoms with Gasteiger partial charge >= 0.3 is 13.8 Å². The fourth-order valence-corrected chi connectivity index (χ4v) is 5.24. The van der Waals surface area contributed by atoms with E-state index in [9.17, 15) is 9.36 Å². The van der Waals surface area contributed by atoms with Crippen molar-refractivity contribution >= 4 is 30.8 Å². The number of fused-ring (bicyclic) bond motifs is 2. The first-order chi connectivity index (χ1) is 15.5. The Balaban J connectivity index is 1.43. The summed E-state index contributed by atoms with van der Waals surface area (Å²) in [5.41, 5.74) is 4.28. The Morgan fingerprint density at radius 3 is 2.88 bits per heavy atom. The molecule has 6 atom stereocenters. The highest BCUT2D eigenvalue weighted by atomic mass is 31.2. The maximum absolute atomic E-state index is 16.0. The lowest BCUT2D eigenvalue weighted by Gasteiger charge is -2.33. The Morgan fingerprint density at radius 1 is 1.39 bits per heavy atom. The van der Waals surface area contributed by atoms with Crippen LogP contribution in [0.15, 0.2) is 12.7 Å². The van der Waals surface area contributed by atoms with Crippen molar-refractivity contribution in [2.45, 2.75) is 64.3 Å². The average molecular weight is 487 g/mol. The molecule has 12 nitrogen and oxygen atoms in total. The van der Waals surface area contributed by atoms with E-state index in [1.165, 1.54) is 24.1 Å². The van der Waals surface area contributed by atoms with Crippen LogP contribution in [-0.2, 0) is 32.4 Å². The number of phosphoric acid groups is 1. The van der Waals surface area contributed by atoms with Crippen molar-refractivity contribution in [3.05, 3.63) is 12.7 Å². The minimum absolute atomic E-state index is 0.0985. The standard InChI is InChI=1S/C19H27FN5O7P/c1-10(2)30-17(26)11(3)5-6-28-33(27)29-7-12-14(32-33)19(4,20)18(31-12)25-9-24-13-15(21)22-8-23-16(13)25/h8-12,14,18H,5-7H2,1-4H3,(H2,21,22,23)/t11-,12-,14-,18-,19-,33?/m1/s1. The monoisotopic (exact) mass is 487 g/mol. The molecule has 0 aliphatic carbocycles. The second-order valence-electron chi connectivity index (χ2n) is 8.54. The molecule has 4 rings (SSSR count). The van der Waals surface area contributed by atoms with Gasteiger partial charge in [0.1, 0.15) is 24.1 Å². The van der Waals surface area contributed by atoms with E-state index < -0.39 is 43.8 Å². The van der Waals surface area contributed by atoms with Gasteiger partial charge in [-0.2, -0.15) is 0 Å². The van der Waals surface area contributed by atoms with Gasteiger partial charge in [-0.1, -0.05) is 6.92 Å². The van der Waals surface area contributed by atoms with Crippen molar-refractivity contribution in [3.63, 3.8) is 0 Å². The van der Waals surface area contributed by atoms with E-state index in [0.717, 1.165) is 0 Å². The van der Waals surface area contributed by atoms with Crippen LogP contribution in [0.25, 0.3) is 11.2 Å². The number of phosphoric ester groups is 1. The molecule has 182 valence electrons.